The predicted molar refractivity (Wildman–Crippen MR) is 70.2 cm³/mol. The Morgan fingerprint density at radius 1 is 1.35 bits per heavy atom. The molecule has 1 N–H and O–H groups in total. The number of hydrogen-bond acceptors (Lipinski definition) is 3. The maximum atomic E-state index is 13.0. The van der Waals surface area contributed by atoms with Crippen molar-refractivity contribution in [2.45, 2.75) is 19.2 Å². The van der Waals surface area contributed by atoms with Crippen molar-refractivity contribution >= 4 is 17.5 Å². The molecule has 0 radical (unpaired) electrons. The Kier molecular flexibility index (Phi) is 6.29. The fourth-order valence-corrected chi connectivity index (χ4v) is 1.77. The lowest BCUT2D eigenvalue weighted by Crippen LogP contribution is -2.22. The second-order valence-corrected chi connectivity index (χ2v) is 4.20. The second kappa shape index (κ2) is 7.50. The molecule has 0 heterocycles. The molecule has 0 aliphatic rings. The van der Waals surface area contributed by atoms with Crippen molar-refractivity contribution in [3.8, 4) is 0 Å². The molecule has 112 valence electrons. The van der Waals surface area contributed by atoms with Gasteiger partial charge in [0.15, 0.2) is 6.10 Å². The van der Waals surface area contributed by atoms with E-state index in [9.17, 15) is 13.2 Å². The van der Waals surface area contributed by atoms with Crippen LogP contribution in [-0.2, 0) is 15.7 Å². The Hall–Kier alpha value is -1.27. The Bertz CT molecular complexity index is 451. The summed E-state index contributed by atoms with van der Waals surface area (Å²) in [6.07, 6.45) is -5.74. The van der Waals surface area contributed by atoms with E-state index in [4.69, 9.17) is 26.5 Å². The highest BCUT2D eigenvalue weighted by atomic mass is 35.5. The van der Waals surface area contributed by atoms with E-state index < -0.39 is 17.8 Å². The quantitative estimate of drug-likeness (QED) is 0.490. The van der Waals surface area contributed by atoms with Crippen LogP contribution in [0.1, 0.15) is 24.2 Å². The van der Waals surface area contributed by atoms with Crippen LogP contribution in [0.15, 0.2) is 24.3 Å². The molecule has 3 nitrogen and oxygen atoms in total. The lowest BCUT2D eigenvalue weighted by atomic mass is 10.0. The average Bonchev–Trinajstić information content (AvgIpc) is 2.39. The number of benzene rings is 1. The highest BCUT2D eigenvalue weighted by Gasteiger charge is 2.36. The minimum Gasteiger partial charge on any atom is -0.479 e. The lowest BCUT2D eigenvalue weighted by Gasteiger charge is -2.22. The molecule has 0 aliphatic heterocycles. The van der Waals surface area contributed by atoms with Gasteiger partial charge in [0, 0.05) is 11.4 Å². The van der Waals surface area contributed by atoms with E-state index in [1.165, 1.54) is 18.2 Å². The summed E-state index contributed by atoms with van der Waals surface area (Å²) in [5, 5.41) is 7.71. The van der Waals surface area contributed by atoms with Gasteiger partial charge in [-0.05, 0) is 13.0 Å². The molecule has 0 bridgehead atoms. The molecule has 0 fully saturated rings. The van der Waals surface area contributed by atoms with E-state index >= 15 is 0 Å². The van der Waals surface area contributed by atoms with Gasteiger partial charge in [-0.2, -0.15) is 13.2 Å². The molecule has 1 unspecified atom stereocenters. The van der Waals surface area contributed by atoms with Gasteiger partial charge in [0.05, 0.1) is 18.8 Å². The van der Waals surface area contributed by atoms with Crippen LogP contribution in [0.4, 0.5) is 13.2 Å². The van der Waals surface area contributed by atoms with Crippen LogP contribution in [0.5, 0.6) is 0 Å². The lowest BCUT2D eigenvalue weighted by molar-refractivity contribution is -0.139. The fraction of sp³-hybridized carbons (Fsp3) is 0.462. The molecular formula is C13H15ClF3NO2. The van der Waals surface area contributed by atoms with Gasteiger partial charge in [-0.15, -0.1) is 11.6 Å². The number of halogens is 4. The predicted octanol–water partition coefficient (Wildman–Crippen LogP) is 4.02. The van der Waals surface area contributed by atoms with Crippen molar-refractivity contribution < 1.29 is 22.6 Å². The summed E-state index contributed by atoms with van der Waals surface area (Å²) >= 11 is 5.49. The van der Waals surface area contributed by atoms with Crippen LogP contribution in [-0.4, -0.2) is 25.0 Å². The highest BCUT2D eigenvalue weighted by molar-refractivity contribution is 6.17. The van der Waals surface area contributed by atoms with Gasteiger partial charge >= 0.3 is 6.18 Å². The smallest absolute Gasteiger partial charge is 0.416 e. The van der Waals surface area contributed by atoms with Gasteiger partial charge in [0.25, 0.3) is 0 Å². The van der Waals surface area contributed by atoms with Crippen LogP contribution < -0.4 is 0 Å². The summed E-state index contributed by atoms with van der Waals surface area (Å²) in [5.74, 6) is -0.251. The zero-order valence-electron chi connectivity index (χ0n) is 10.8. The third kappa shape index (κ3) is 4.38. The highest BCUT2D eigenvalue weighted by Crippen LogP contribution is 2.36. The zero-order valence-corrected chi connectivity index (χ0v) is 11.6. The molecule has 1 rings (SSSR count). The van der Waals surface area contributed by atoms with Crippen LogP contribution in [0, 0.1) is 5.41 Å². The fourth-order valence-electron chi connectivity index (χ4n) is 1.68. The minimum absolute atomic E-state index is 0.0217. The van der Waals surface area contributed by atoms with Crippen LogP contribution in [0.25, 0.3) is 0 Å². The van der Waals surface area contributed by atoms with E-state index in [-0.39, 0.29) is 30.6 Å². The Balaban J connectivity index is 3.16. The minimum atomic E-state index is -4.52. The van der Waals surface area contributed by atoms with Crippen molar-refractivity contribution in [3.05, 3.63) is 35.4 Å². The van der Waals surface area contributed by atoms with Crippen molar-refractivity contribution in [1.29, 1.82) is 5.41 Å². The van der Waals surface area contributed by atoms with E-state index in [0.29, 0.717) is 0 Å². The first-order valence-electron chi connectivity index (χ1n) is 5.96. The summed E-state index contributed by atoms with van der Waals surface area (Å²) in [6.45, 7) is 1.84. The van der Waals surface area contributed by atoms with Gasteiger partial charge in [-0.3, -0.25) is 5.41 Å². The molecule has 1 atom stereocenters. The summed E-state index contributed by atoms with van der Waals surface area (Å²) in [5.41, 5.74) is -0.993. The zero-order chi connectivity index (χ0) is 15.2. The monoisotopic (exact) mass is 309 g/mol. The molecule has 0 saturated heterocycles. The number of rotatable bonds is 6. The second-order valence-electron chi connectivity index (χ2n) is 3.82. The van der Waals surface area contributed by atoms with Crippen LogP contribution in [0.2, 0.25) is 0 Å². The molecule has 0 aliphatic carbocycles. The third-order valence-electron chi connectivity index (χ3n) is 2.45. The van der Waals surface area contributed by atoms with Crippen LogP contribution in [0.3, 0.4) is 0 Å². The van der Waals surface area contributed by atoms with Crippen molar-refractivity contribution in [2.24, 2.45) is 0 Å². The number of ether oxygens (including phenoxy) is 2. The third-order valence-corrected chi connectivity index (χ3v) is 2.60. The van der Waals surface area contributed by atoms with Crippen LogP contribution >= 0.6 is 11.6 Å². The molecule has 1 aromatic rings. The number of nitrogens with one attached hydrogen (secondary N) is 1. The topological polar surface area (TPSA) is 42.3 Å². The molecule has 0 aromatic heterocycles. The normalized spacial score (nSPS) is 13.1. The van der Waals surface area contributed by atoms with E-state index in [1.54, 1.807) is 6.92 Å². The SMILES string of the molecule is CCOC(=N)C(OCCCl)c1ccccc1C(F)(F)F. The van der Waals surface area contributed by atoms with Gasteiger partial charge in [0.1, 0.15) is 0 Å². The first-order valence-corrected chi connectivity index (χ1v) is 6.50. The maximum Gasteiger partial charge on any atom is 0.416 e. The van der Waals surface area contributed by atoms with Crippen molar-refractivity contribution in [1.82, 2.24) is 0 Å². The summed E-state index contributed by atoms with van der Waals surface area (Å²) in [4.78, 5) is 0. The number of alkyl halides is 4. The average molecular weight is 310 g/mol. The molecule has 0 amide bonds. The van der Waals surface area contributed by atoms with Crippen molar-refractivity contribution in [3.63, 3.8) is 0 Å². The molecule has 0 saturated carbocycles. The summed E-state index contributed by atoms with van der Waals surface area (Å²) in [7, 11) is 0. The standard InChI is InChI=1S/C13H15ClF3NO2/c1-2-19-12(18)11(20-8-7-14)9-5-3-4-6-10(9)13(15,16)17/h3-6,11,18H,2,7-8H2,1H3. The molecular weight excluding hydrogens is 295 g/mol. The van der Waals surface area contributed by atoms with E-state index in [2.05, 4.69) is 0 Å². The Morgan fingerprint density at radius 2 is 2.00 bits per heavy atom. The van der Waals surface area contributed by atoms with Crippen molar-refractivity contribution in [2.75, 3.05) is 19.1 Å². The van der Waals surface area contributed by atoms with Gasteiger partial charge in [0.2, 0.25) is 5.90 Å². The number of hydrogen-bond donors (Lipinski definition) is 1. The van der Waals surface area contributed by atoms with E-state index in [0.717, 1.165) is 6.07 Å². The Morgan fingerprint density at radius 3 is 2.55 bits per heavy atom. The van der Waals surface area contributed by atoms with Gasteiger partial charge < -0.3 is 9.47 Å². The first-order chi connectivity index (χ1) is 9.41. The molecule has 7 heteroatoms. The largest absolute Gasteiger partial charge is 0.479 e. The van der Waals surface area contributed by atoms with Gasteiger partial charge in [-0.1, -0.05) is 18.2 Å². The molecule has 1 aromatic carbocycles. The molecule has 0 spiro atoms. The first kappa shape index (κ1) is 16.8. The maximum absolute atomic E-state index is 13.0. The van der Waals surface area contributed by atoms with Gasteiger partial charge in [-0.25, -0.2) is 0 Å². The Labute approximate surface area is 120 Å². The molecule has 20 heavy (non-hydrogen) atoms. The summed E-state index contributed by atoms with van der Waals surface area (Å²) in [6, 6.07) is 4.97. The van der Waals surface area contributed by atoms with E-state index in [1.807, 2.05) is 0 Å². The summed E-state index contributed by atoms with van der Waals surface area (Å²) < 4.78 is 49.2.